The van der Waals surface area contributed by atoms with Crippen LogP contribution >= 0.6 is 15.9 Å². The molecule has 0 saturated carbocycles. The molecule has 3 aromatic carbocycles. The molecule has 0 aliphatic rings. The second kappa shape index (κ2) is 9.53. The Morgan fingerprint density at radius 1 is 1.03 bits per heavy atom. The molecule has 0 atom stereocenters. The topological polar surface area (TPSA) is 75.7 Å². The van der Waals surface area contributed by atoms with Crippen molar-refractivity contribution in [3.63, 3.8) is 0 Å². The second-order valence-corrected chi connectivity index (χ2v) is 9.76. The molecule has 8 heteroatoms. The Bertz CT molecular complexity index is 1200. The largest absolute Gasteiger partial charge is 0.495 e. The van der Waals surface area contributed by atoms with E-state index >= 15 is 0 Å². The standard InChI is InChI=1S/C23H23BrN2O4S/c1-16-9-11-20(17(2)13-16)25-23(27)15-26(19-7-5-4-6-8-19)31(28,29)22-14-18(24)10-12-21(22)30-3/h4-14H,15H2,1-3H3,(H,25,27). The molecule has 0 aliphatic carbocycles. The molecule has 162 valence electrons. The van der Waals surface area contributed by atoms with Gasteiger partial charge in [0.2, 0.25) is 5.91 Å². The fourth-order valence-electron chi connectivity index (χ4n) is 3.15. The van der Waals surface area contributed by atoms with Gasteiger partial charge in [0.1, 0.15) is 17.2 Å². The first-order chi connectivity index (χ1) is 14.7. The zero-order valence-corrected chi connectivity index (χ0v) is 19.8. The summed E-state index contributed by atoms with van der Waals surface area (Å²) in [6.07, 6.45) is 0. The van der Waals surface area contributed by atoms with E-state index in [2.05, 4.69) is 21.2 Å². The van der Waals surface area contributed by atoms with Crippen LogP contribution in [-0.4, -0.2) is 28.0 Å². The number of para-hydroxylation sites is 1. The summed E-state index contributed by atoms with van der Waals surface area (Å²) in [7, 11) is -2.70. The SMILES string of the molecule is COc1ccc(Br)cc1S(=O)(=O)N(CC(=O)Nc1ccc(C)cc1C)c1ccccc1. The molecule has 0 unspecified atom stereocenters. The van der Waals surface area contributed by atoms with Crippen LogP contribution in [0.2, 0.25) is 0 Å². The Morgan fingerprint density at radius 3 is 2.39 bits per heavy atom. The van der Waals surface area contributed by atoms with Crippen molar-refractivity contribution in [3.8, 4) is 5.75 Å². The maximum absolute atomic E-state index is 13.6. The Hall–Kier alpha value is -2.84. The number of amides is 1. The number of halogens is 1. The summed E-state index contributed by atoms with van der Waals surface area (Å²) in [4.78, 5) is 12.8. The van der Waals surface area contributed by atoms with Crippen LogP contribution in [0.1, 0.15) is 11.1 Å². The molecular weight excluding hydrogens is 480 g/mol. The van der Waals surface area contributed by atoms with Gasteiger partial charge in [-0.25, -0.2) is 8.42 Å². The van der Waals surface area contributed by atoms with Gasteiger partial charge in [0.05, 0.1) is 12.8 Å². The van der Waals surface area contributed by atoms with Crippen molar-refractivity contribution in [3.05, 3.63) is 82.3 Å². The normalized spacial score (nSPS) is 11.1. The van der Waals surface area contributed by atoms with Crippen molar-refractivity contribution < 1.29 is 17.9 Å². The van der Waals surface area contributed by atoms with Crippen LogP contribution in [0.5, 0.6) is 5.75 Å². The summed E-state index contributed by atoms with van der Waals surface area (Å²) < 4.78 is 34.2. The lowest BCUT2D eigenvalue weighted by Gasteiger charge is -2.25. The minimum Gasteiger partial charge on any atom is -0.495 e. The van der Waals surface area contributed by atoms with Crippen LogP contribution in [-0.2, 0) is 14.8 Å². The first kappa shape index (κ1) is 22.8. The monoisotopic (exact) mass is 502 g/mol. The highest BCUT2D eigenvalue weighted by molar-refractivity contribution is 9.10. The summed E-state index contributed by atoms with van der Waals surface area (Å²) >= 11 is 3.31. The van der Waals surface area contributed by atoms with Gasteiger partial charge in [-0.3, -0.25) is 9.10 Å². The third-order valence-corrected chi connectivity index (χ3v) is 6.97. The van der Waals surface area contributed by atoms with Crippen molar-refractivity contribution >= 4 is 43.2 Å². The molecule has 0 fully saturated rings. The molecule has 0 radical (unpaired) electrons. The van der Waals surface area contributed by atoms with E-state index < -0.39 is 22.5 Å². The predicted octanol–water partition coefficient (Wildman–Crippen LogP) is 4.91. The molecular formula is C23H23BrN2O4S. The summed E-state index contributed by atoms with van der Waals surface area (Å²) in [6.45, 7) is 3.46. The predicted molar refractivity (Wildman–Crippen MR) is 126 cm³/mol. The molecule has 1 amide bonds. The molecule has 0 aromatic heterocycles. The lowest BCUT2D eigenvalue weighted by atomic mass is 10.1. The number of sulfonamides is 1. The molecule has 3 aromatic rings. The van der Waals surface area contributed by atoms with E-state index in [1.807, 2.05) is 26.0 Å². The fourth-order valence-corrected chi connectivity index (χ4v) is 5.27. The molecule has 0 bridgehead atoms. The first-order valence-electron chi connectivity index (χ1n) is 9.51. The van der Waals surface area contributed by atoms with Crippen molar-refractivity contribution in [2.24, 2.45) is 0 Å². The smallest absolute Gasteiger partial charge is 0.268 e. The van der Waals surface area contributed by atoms with Gasteiger partial charge in [0.25, 0.3) is 10.0 Å². The van der Waals surface area contributed by atoms with Crippen LogP contribution in [0.15, 0.2) is 76.1 Å². The molecule has 0 spiro atoms. The van der Waals surface area contributed by atoms with Gasteiger partial charge in [0, 0.05) is 10.2 Å². The average Bonchev–Trinajstić information content (AvgIpc) is 2.74. The molecule has 1 N–H and O–H groups in total. The van der Waals surface area contributed by atoms with Crippen LogP contribution in [0.4, 0.5) is 11.4 Å². The van der Waals surface area contributed by atoms with E-state index in [1.165, 1.54) is 13.2 Å². The minimum absolute atomic E-state index is 0.0347. The van der Waals surface area contributed by atoms with Gasteiger partial charge in [-0.1, -0.05) is 51.8 Å². The Balaban J connectivity index is 1.99. The molecule has 31 heavy (non-hydrogen) atoms. The maximum Gasteiger partial charge on any atom is 0.268 e. The number of anilines is 2. The van der Waals surface area contributed by atoms with E-state index in [1.54, 1.807) is 48.5 Å². The highest BCUT2D eigenvalue weighted by Gasteiger charge is 2.30. The third-order valence-electron chi connectivity index (χ3n) is 4.68. The highest BCUT2D eigenvalue weighted by Crippen LogP contribution is 2.32. The summed E-state index contributed by atoms with van der Waals surface area (Å²) in [5, 5.41) is 2.82. The van der Waals surface area contributed by atoms with E-state index in [-0.39, 0.29) is 10.6 Å². The van der Waals surface area contributed by atoms with Crippen LogP contribution in [0.3, 0.4) is 0 Å². The van der Waals surface area contributed by atoms with Crippen molar-refractivity contribution in [2.75, 3.05) is 23.3 Å². The molecule has 3 rings (SSSR count). The van der Waals surface area contributed by atoms with Crippen molar-refractivity contribution in [1.82, 2.24) is 0 Å². The zero-order chi connectivity index (χ0) is 22.6. The number of aryl methyl sites for hydroxylation is 2. The van der Waals surface area contributed by atoms with E-state index in [4.69, 9.17) is 4.74 Å². The van der Waals surface area contributed by atoms with Gasteiger partial charge in [-0.2, -0.15) is 0 Å². The Morgan fingerprint density at radius 2 is 1.74 bits per heavy atom. The lowest BCUT2D eigenvalue weighted by Crippen LogP contribution is -2.38. The fraction of sp³-hybridized carbons (Fsp3) is 0.174. The number of hydrogen-bond donors (Lipinski definition) is 1. The summed E-state index contributed by atoms with van der Waals surface area (Å²) in [6, 6.07) is 18.9. The van der Waals surface area contributed by atoms with E-state index in [0.29, 0.717) is 15.8 Å². The van der Waals surface area contributed by atoms with Crippen LogP contribution < -0.4 is 14.4 Å². The number of ether oxygens (including phenoxy) is 1. The minimum atomic E-state index is -4.11. The number of methoxy groups -OCH3 is 1. The van der Waals surface area contributed by atoms with Gasteiger partial charge in [-0.15, -0.1) is 0 Å². The summed E-state index contributed by atoms with van der Waals surface area (Å²) in [5.74, 6) is -0.257. The Labute approximate surface area is 191 Å². The first-order valence-corrected chi connectivity index (χ1v) is 11.7. The molecule has 0 saturated heterocycles. The number of hydrogen-bond acceptors (Lipinski definition) is 4. The molecule has 6 nitrogen and oxygen atoms in total. The van der Waals surface area contributed by atoms with Gasteiger partial charge >= 0.3 is 0 Å². The van der Waals surface area contributed by atoms with Gasteiger partial charge < -0.3 is 10.1 Å². The highest BCUT2D eigenvalue weighted by atomic mass is 79.9. The van der Waals surface area contributed by atoms with Crippen molar-refractivity contribution in [1.29, 1.82) is 0 Å². The lowest BCUT2D eigenvalue weighted by molar-refractivity contribution is -0.114. The number of nitrogens with zero attached hydrogens (tertiary/aromatic N) is 1. The van der Waals surface area contributed by atoms with Gasteiger partial charge in [-0.05, 0) is 55.8 Å². The van der Waals surface area contributed by atoms with E-state index in [0.717, 1.165) is 15.4 Å². The van der Waals surface area contributed by atoms with Crippen molar-refractivity contribution in [2.45, 2.75) is 18.7 Å². The van der Waals surface area contributed by atoms with E-state index in [9.17, 15) is 13.2 Å². The number of carbonyl (C=O) groups is 1. The zero-order valence-electron chi connectivity index (χ0n) is 17.4. The number of nitrogens with one attached hydrogen (secondary N) is 1. The third kappa shape index (κ3) is 5.26. The summed E-state index contributed by atoms with van der Waals surface area (Å²) in [5.41, 5.74) is 2.99. The molecule has 0 aliphatic heterocycles. The molecule has 0 heterocycles. The number of rotatable bonds is 7. The Kier molecular flexibility index (Phi) is 7.02. The average molecular weight is 503 g/mol. The van der Waals surface area contributed by atoms with Crippen LogP contribution in [0, 0.1) is 13.8 Å². The van der Waals surface area contributed by atoms with Crippen LogP contribution in [0.25, 0.3) is 0 Å². The number of carbonyl (C=O) groups excluding carboxylic acids is 1. The maximum atomic E-state index is 13.6. The number of benzene rings is 3. The quantitative estimate of drug-likeness (QED) is 0.497. The second-order valence-electron chi connectivity index (χ2n) is 7.01. The van der Waals surface area contributed by atoms with Gasteiger partial charge in [0.15, 0.2) is 0 Å².